The lowest BCUT2D eigenvalue weighted by Crippen LogP contribution is -2.42. The van der Waals surface area contributed by atoms with Crippen molar-refractivity contribution in [1.29, 1.82) is 0 Å². The number of hydrogen-bond donors (Lipinski definition) is 0. The summed E-state index contributed by atoms with van der Waals surface area (Å²) in [6.07, 6.45) is -0.102. The van der Waals surface area contributed by atoms with Gasteiger partial charge in [-0.1, -0.05) is 11.8 Å². The van der Waals surface area contributed by atoms with Crippen molar-refractivity contribution >= 4 is 28.8 Å². The highest BCUT2D eigenvalue weighted by Crippen LogP contribution is 2.46. The van der Waals surface area contributed by atoms with Gasteiger partial charge in [0, 0.05) is 24.9 Å². The first-order valence-corrected chi connectivity index (χ1v) is 12.4. The monoisotopic (exact) mass is 501 g/mol. The SMILES string of the molecule is COc1cc(OC)cc(C2C(C(=O)OC(C)C)=C(C)N=C3SC=C(CC(=O)N4CCOCC4)N32)c1. The second kappa shape index (κ2) is 10.7. The Morgan fingerprint density at radius 2 is 1.80 bits per heavy atom. The lowest BCUT2D eigenvalue weighted by molar-refractivity contribution is -0.143. The van der Waals surface area contributed by atoms with Crippen LogP contribution >= 0.6 is 11.8 Å². The van der Waals surface area contributed by atoms with Crippen LogP contribution in [0.5, 0.6) is 11.5 Å². The van der Waals surface area contributed by atoms with Crippen LogP contribution in [-0.2, 0) is 19.1 Å². The van der Waals surface area contributed by atoms with Gasteiger partial charge in [0.25, 0.3) is 0 Å². The quantitative estimate of drug-likeness (QED) is 0.525. The van der Waals surface area contributed by atoms with Crippen molar-refractivity contribution in [2.75, 3.05) is 40.5 Å². The largest absolute Gasteiger partial charge is 0.497 e. The number of morpholine rings is 1. The number of benzene rings is 1. The van der Waals surface area contributed by atoms with Gasteiger partial charge in [-0.25, -0.2) is 9.79 Å². The van der Waals surface area contributed by atoms with Gasteiger partial charge in [0.2, 0.25) is 5.91 Å². The fourth-order valence-corrected chi connectivity index (χ4v) is 5.25. The van der Waals surface area contributed by atoms with Crippen molar-refractivity contribution in [3.63, 3.8) is 0 Å². The zero-order chi connectivity index (χ0) is 25.1. The summed E-state index contributed by atoms with van der Waals surface area (Å²) in [6.45, 7) is 7.65. The summed E-state index contributed by atoms with van der Waals surface area (Å²) in [6, 6.07) is 4.96. The maximum Gasteiger partial charge on any atom is 0.338 e. The molecule has 1 aromatic rings. The number of thioether (sulfide) groups is 1. The Balaban J connectivity index is 1.76. The number of amides is 1. The Hall–Kier alpha value is -2.98. The Morgan fingerprint density at radius 1 is 1.14 bits per heavy atom. The summed E-state index contributed by atoms with van der Waals surface area (Å²) in [5.41, 5.74) is 2.55. The lowest BCUT2D eigenvalue weighted by atomic mass is 9.93. The van der Waals surface area contributed by atoms with E-state index in [-0.39, 0.29) is 18.4 Å². The summed E-state index contributed by atoms with van der Waals surface area (Å²) < 4.78 is 22.0. The highest BCUT2D eigenvalue weighted by atomic mass is 32.2. The molecular formula is C25H31N3O6S. The summed E-state index contributed by atoms with van der Waals surface area (Å²) in [7, 11) is 3.17. The number of allylic oxidation sites excluding steroid dienone is 1. The summed E-state index contributed by atoms with van der Waals surface area (Å²) >= 11 is 1.44. The van der Waals surface area contributed by atoms with Crippen molar-refractivity contribution in [2.45, 2.75) is 39.3 Å². The fraction of sp³-hybridized carbons (Fsp3) is 0.480. The zero-order valence-electron chi connectivity index (χ0n) is 20.7. The van der Waals surface area contributed by atoms with E-state index in [1.54, 1.807) is 20.3 Å². The van der Waals surface area contributed by atoms with E-state index >= 15 is 0 Å². The van der Waals surface area contributed by atoms with Gasteiger partial charge in [-0.15, -0.1) is 0 Å². The number of nitrogens with zero attached hydrogens (tertiary/aromatic N) is 3. The predicted molar refractivity (Wildman–Crippen MR) is 133 cm³/mol. The molecule has 1 aromatic carbocycles. The first-order valence-electron chi connectivity index (χ1n) is 11.6. The molecule has 35 heavy (non-hydrogen) atoms. The van der Waals surface area contributed by atoms with E-state index in [1.807, 2.05) is 48.1 Å². The maximum absolute atomic E-state index is 13.3. The number of aliphatic imine (C=N–C) groups is 1. The third-order valence-electron chi connectivity index (χ3n) is 5.95. The van der Waals surface area contributed by atoms with E-state index in [0.29, 0.717) is 54.2 Å². The van der Waals surface area contributed by atoms with Crippen LogP contribution in [-0.4, -0.2) is 73.5 Å². The standard InChI is InChI=1S/C25H31N3O6S/c1-15(2)34-24(30)22-16(3)26-25-28(23(22)17-10-19(31-4)13-20(11-17)32-5)18(14-35-25)12-21(29)27-6-8-33-9-7-27/h10-11,13-15,23H,6-9,12H2,1-5H3. The molecule has 1 atom stereocenters. The van der Waals surface area contributed by atoms with Crippen LogP contribution in [0.1, 0.15) is 38.8 Å². The summed E-state index contributed by atoms with van der Waals surface area (Å²) in [4.78, 5) is 34.9. The second-order valence-corrected chi connectivity index (χ2v) is 9.50. The highest BCUT2D eigenvalue weighted by molar-refractivity contribution is 8.16. The van der Waals surface area contributed by atoms with Gasteiger partial charge in [0.15, 0.2) is 5.17 Å². The fourth-order valence-electron chi connectivity index (χ4n) is 4.29. The number of methoxy groups -OCH3 is 2. The molecule has 0 aliphatic carbocycles. The number of esters is 1. The molecule has 4 rings (SSSR count). The molecule has 3 aliphatic heterocycles. The van der Waals surface area contributed by atoms with Crippen molar-refractivity contribution in [3.05, 3.63) is 46.1 Å². The molecule has 1 saturated heterocycles. The molecule has 0 saturated carbocycles. The Kier molecular flexibility index (Phi) is 7.71. The number of carbonyl (C=O) groups is 2. The molecule has 0 spiro atoms. The van der Waals surface area contributed by atoms with Crippen LogP contribution in [0.25, 0.3) is 0 Å². The van der Waals surface area contributed by atoms with Crippen LogP contribution in [0.4, 0.5) is 0 Å². The average molecular weight is 502 g/mol. The van der Waals surface area contributed by atoms with E-state index in [9.17, 15) is 9.59 Å². The van der Waals surface area contributed by atoms with Crippen molar-refractivity contribution < 1.29 is 28.5 Å². The van der Waals surface area contributed by atoms with Crippen LogP contribution in [0.3, 0.4) is 0 Å². The molecular weight excluding hydrogens is 470 g/mol. The van der Waals surface area contributed by atoms with Crippen molar-refractivity contribution in [1.82, 2.24) is 9.80 Å². The van der Waals surface area contributed by atoms with Gasteiger partial charge in [-0.2, -0.15) is 0 Å². The Bertz CT molecular complexity index is 1070. The van der Waals surface area contributed by atoms with Gasteiger partial charge in [-0.3, -0.25) is 4.79 Å². The Labute approximate surface area is 209 Å². The number of hydrogen-bond acceptors (Lipinski definition) is 9. The normalized spacial score (nSPS) is 19.9. The molecule has 3 aliphatic rings. The minimum Gasteiger partial charge on any atom is -0.497 e. The van der Waals surface area contributed by atoms with Gasteiger partial charge >= 0.3 is 5.97 Å². The predicted octanol–water partition coefficient (Wildman–Crippen LogP) is 3.48. The van der Waals surface area contributed by atoms with Crippen LogP contribution in [0, 0.1) is 0 Å². The molecule has 1 amide bonds. The molecule has 188 valence electrons. The molecule has 9 nitrogen and oxygen atoms in total. The van der Waals surface area contributed by atoms with Gasteiger partial charge < -0.3 is 28.7 Å². The second-order valence-electron chi connectivity index (χ2n) is 8.66. The molecule has 1 unspecified atom stereocenters. The molecule has 0 bridgehead atoms. The minimum absolute atomic E-state index is 0.0148. The molecule has 0 aromatic heterocycles. The zero-order valence-corrected chi connectivity index (χ0v) is 21.5. The average Bonchev–Trinajstić information content (AvgIpc) is 3.24. The van der Waals surface area contributed by atoms with E-state index in [1.165, 1.54) is 11.8 Å². The van der Waals surface area contributed by atoms with Gasteiger partial charge in [0.05, 0.1) is 57.3 Å². The van der Waals surface area contributed by atoms with Crippen LogP contribution < -0.4 is 9.47 Å². The van der Waals surface area contributed by atoms with E-state index < -0.39 is 12.0 Å². The number of carbonyl (C=O) groups excluding carboxylic acids is 2. The highest BCUT2D eigenvalue weighted by Gasteiger charge is 2.42. The number of fused-ring (bicyclic) bond motifs is 1. The first-order chi connectivity index (χ1) is 16.8. The van der Waals surface area contributed by atoms with E-state index in [4.69, 9.17) is 23.9 Å². The molecule has 0 N–H and O–H groups in total. The third kappa shape index (κ3) is 5.33. The number of amidine groups is 1. The third-order valence-corrected chi connectivity index (χ3v) is 6.84. The molecule has 3 heterocycles. The number of ether oxygens (including phenoxy) is 4. The summed E-state index contributed by atoms with van der Waals surface area (Å²) in [5.74, 6) is 0.766. The minimum atomic E-state index is -0.559. The lowest BCUT2D eigenvalue weighted by Gasteiger charge is -2.37. The molecule has 0 radical (unpaired) electrons. The maximum atomic E-state index is 13.3. The van der Waals surface area contributed by atoms with Crippen molar-refractivity contribution in [3.8, 4) is 11.5 Å². The Morgan fingerprint density at radius 3 is 2.40 bits per heavy atom. The van der Waals surface area contributed by atoms with Crippen LogP contribution in [0.2, 0.25) is 0 Å². The van der Waals surface area contributed by atoms with E-state index in [0.717, 1.165) is 11.3 Å². The van der Waals surface area contributed by atoms with Gasteiger partial charge in [-0.05, 0) is 43.9 Å². The molecule has 10 heteroatoms. The van der Waals surface area contributed by atoms with E-state index in [2.05, 4.69) is 0 Å². The first kappa shape index (κ1) is 25.1. The smallest absolute Gasteiger partial charge is 0.338 e. The topological polar surface area (TPSA) is 89.9 Å². The van der Waals surface area contributed by atoms with Crippen molar-refractivity contribution in [2.24, 2.45) is 4.99 Å². The molecule has 1 fully saturated rings. The number of rotatable bonds is 7. The van der Waals surface area contributed by atoms with Crippen LogP contribution in [0.15, 0.2) is 45.6 Å². The summed E-state index contributed by atoms with van der Waals surface area (Å²) in [5, 5.41) is 2.64. The van der Waals surface area contributed by atoms with Gasteiger partial charge in [0.1, 0.15) is 11.5 Å².